The van der Waals surface area contributed by atoms with Crippen LogP contribution in [0, 0.1) is 0 Å². The van der Waals surface area contributed by atoms with Gasteiger partial charge >= 0.3 is 25.4 Å². The zero-order valence-electron chi connectivity index (χ0n) is 4.07. The second kappa shape index (κ2) is 9.81. The molecule has 0 fully saturated rings. The standard InChI is InChI=1S/C3H6O.Cr.3O/c1-2-3-4;;;;/h2,4H,1,3H2;;;;. The van der Waals surface area contributed by atoms with Crippen molar-refractivity contribution in [1.82, 2.24) is 0 Å². The molecule has 0 aromatic carbocycles. The monoisotopic (exact) mass is 158 g/mol. The van der Waals surface area contributed by atoms with Crippen molar-refractivity contribution < 1.29 is 30.5 Å². The van der Waals surface area contributed by atoms with Gasteiger partial charge < -0.3 is 5.11 Å². The molecule has 0 aliphatic heterocycles. The Bertz CT molecular complexity index is 123. The first-order valence-corrected chi connectivity index (χ1v) is 3.19. The van der Waals surface area contributed by atoms with Gasteiger partial charge in [0.1, 0.15) is 0 Å². The molecule has 1 N–H and O–H groups in total. The van der Waals surface area contributed by atoms with E-state index in [0.29, 0.717) is 0 Å². The van der Waals surface area contributed by atoms with Gasteiger partial charge in [0, 0.05) is 0 Å². The Kier molecular flexibility index (Phi) is 13.0. The summed E-state index contributed by atoms with van der Waals surface area (Å²) in [5.41, 5.74) is 0. The van der Waals surface area contributed by atoms with Crippen molar-refractivity contribution in [3.8, 4) is 0 Å². The molecular weight excluding hydrogens is 152 g/mol. The van der Waals surface area contributed by atoms with Crippen LogP contribution in [0.5, 0.6) is 0 Å². The number of aliphatic hydroxyl groups is 1. The molecular formula is C3H6CrO4. The Morgan fingerprint density at radius 1 is 1.50 bits per heavy atom. The maximum absolute atomic E-state index is 8.54. The molecule has 0 saturated heterocycles. The number of rotatable bonds is 1. The van der Waals surface area contributed by atoms with Crippen molar-refractivity contribution >= 4 is 0 Å². The first-order valence-electron chi connectivity index (χ1n) is 1.63. The summed E-state index contributed by atoms with van der Waals surface area (Å²) in [5.74, 6) is 0. The predicted molar refractivity (Wildman–Crippen MR) is 19.3 cm³/mol. The minimum absolute atomic E-state index is 0.0833. The molecule has 0 rings (SSSR count). The predicted octanol–water partition coefficient (Wildman–Crippen LogP) is -0.194. The molecule has 0 atom stereocenters. The van der Waals surface area contributed by atoms with E-state index in [1.807, 2.05) is 0 Å². The maximum atomic E-state index is 8.54. The normalized spacial score (nSPS) is 6.12. The van der Waals surface area contributed by atoms with Gasteiger partial charge in [-0.25, -0.2) is 0 Å². The van der Waals surface area contributed by atoms with Gasteiger partial charge in [-0.3, -0.25) is 0 Å². The molecule has 5 heteroatoms. The Hall–Kier alpha value is -0.368. The number of hydrogen-bond acceptors (Lipinski definition) is 4. The molecule has 48 valence electrons. The summed E-state index contributed by atoms with van der Waals surface area (Å²) in [4.78, 5) is 0. The van der Waals surface area contributed by atoms with Gasteiger partial charge in [0.05, 0.1) is 6.61 Å². The van der Waals surface area contributed by atoms with Crippen molar-refractivity contribution in [1.29, 1.82) is 0 Å². The first-order chi connectivity index (χ1) is 3.65. The van der Waals surface area contributed by atoms with E-state index in [2.05, 4.69) is 6.58 Å². The molecule has 0 radical (unpaired) electrons. The van der Waals surface area contributed by atoms with E-state index < -0.39 is 14.0 Å². The second-order valence-corrected chi connectivity index (χ2v) is 1.31. The van der Waals surface area contributed by atoms with Gasteiger partial charge in [-0.15, -0.1) is 6.58 Å². The molecule has 0 spiro atoms. The third kappa shape index (κ3) is 302. The van der Waals surface area contributed by atoms with Gasteiger partial charge in [0.15, 0.2) is 0 Å². The van der Waals surface area contributed by atoms with Crippen molar-refractivity contribution in [2.75, 3.05) is 6.61 Å². The molecule has 0 aliphatic rings. The number of hydrogen-bond donors (Lipinski definition) is 1. The average molecular weight is 158 g/mol. The van der Waals surface area contributed by atoms with Gasteiger partial charge in [-0.05, 0) is 0 Å². The molecule has 4 nitrogen and oxygen atoms in total. The van der Waals surface area contributed by atoms with E-state index in [0.717, 1.165) is 0 Å². The molecule has 0 heterocycles. The zero-order valence-corrected chi connectivity index (χ0v) is 5.35. The third-order valence-electron chi connectivity index (χ3n) is 0.129. The van der Waals surface area contributed by atoms with E-state index in [4.69, 9.17) is 16.5 Å². The summed E-state index contributed by atoms with van der Waals surface area (Å²) in [5, 5.41) is 7.76. The van der Waals surface area contributed by atoms with Crippen molar-refractivity contribution in [3.05, 3.63) is 12.7 Å². The molecule has 0 aromatic heterocycles. The van der Waals surface area contributed by atoms with Crippen LogP contribution >= 0.6 is 0 Å². The minimum atomic E-state index is -3.79. The summed E-state index contributed by atoms with van der Waals surface area (Å²) in [6.07, 6.45) is 1.43. The Morgan fingerprint density at radius 3 is 1.62 bits per heavy atom. The van der Waals surface area contributed by atoms with Crippen LogP contribution in [0.1, 0.15) is 0 Å². The molecule has 0 aliphatic carbocycles. The SMILES string of the molecule is C=CCO.[O]=[Cr](=[O])=[O]. The molecule has 0 saturated carbocycles. The quantitative estimate of drug-likeness (QED) is 0.536. The molecule has 0 unspecified atom stereocenters. The van der Waals surface area contributed by atoms with Crippen LogP contribution in [-0.2, 0) is 25.4 Å². The van der Waals surface area contributed by atoms with Crippen LogP contribution in [0.15, 0.2) is 12.7 Å². The fraction of sp³-hybridized carbons (Fsp3) is 0.333. The van der Waals surface area contributed by atoms with Gasteiger partial charge in [-0.2, -0.15) is 0 Å². The van der Waals surface area contributed by atoms with Crippen LogP contribution in [0.25, 0.3) is 0 Å². The summed E-state index contributed by atoms with van der Waals surface area (Å²) in [6.45, 7) is 3.31. The molecule has 0 aromatic rings. The Balaban J connectivity index is 0. The van der Waals surface area contributed by atoms with Gasteiger partial charge in [0.2, 0.25) is 0 Å². The van der Waals surface area contributed by atoms with Gasteiger partial charge in [-0.1, -0.05) is 6.08 Å². The summed E-state index contributed by atoms with van der Waals surface area (Å²) in [6, 6.07) is 0. The number of aliphatic hydroxyl groups excluding tert-OH is 1. The average Bonchev–Trinajstić information content (AvgIpc) is 1.65. The second-order valence-electron chi connectivity index (χ2n) is 0.675. The molecule has 0 amide bonds. The summed E-state index contributed by atoms with van der Waals surface area (Å²) in [7, 11) is 0. The fourth-order valence-corrected chi connectivity index (χ4v) is 0. The van der Waals surface area contributed by atoms with E-state index in [1.54, 1.807) is 0 Å². The third-order valence-corrected chi connectivity index (χ3v) is 0.129. The summed E-state index contributed by atoms with van der Waals surface area (Å²) < 4.78 is 25.6. The van der Waals surface area contributed by atoms with Crippen LogP contribution in [-0.4, -0.2) is 11.7 Å². The molecule has 0 bridgehead atoms. The van der Waals surface area contributed by atoms with E-state index in [9.17, 15) is 0 Å². The van der Waals surface area contributed by atoms with Gasteiger partial charge in [0.25, 0.3) is 0 Å². The van der Waals surface area contributed by atoms with E-state index in [-0.39, 0.29) is 6.61 Å². The van der Waals surface area contributed by atoms with Crippen molar-refractivity contribution in [3.63, 3.8) is 0 Å². The van der Waals surface area contributed by atoms with Crippen LogP contribution < -0.4 is 0 Å². The van der Waals surface area contributed by atoms with Crippen LogP contribution in [0.2, 0.25) is 0 Å². The van der Waals surface area contributed by atoms with E-state index in [1.165, 1.54) is 6.08 Å². The zero-order chi connectivity index (χ0) is 6.99. The van der Waals surface area contributed by atoms with Crippen LogP contribution in [0.3, 0.4) is 0 Å². The molecule has 8 heavy (non-hydrogen) atoms. The topological polar surface area (TPSA) is 71.4 Å². The first kappa shape index (κ1) is 10.6. The van der Waals surface area contributed by atoms with Crippen molar-refractivity contribution in [2.24, 2.45) is 0 Å². The Morgan fingerprint density at radius 2 is 1.62 bits per heavy atom. The van der Waals surface area contributed by atoms with Crippen molar-refractivity contribution in [2.45, 2.75) is 0 Å². The Labute approximate surface area is 50.5 Å². The van der Waals surface area contributed by atoms with E-state index >= 15 is 0 Å². The fourth-order valence-electron chi connectivity index (χ4n) is 0. The van der Waals surface area contributed by atoms with Crippen LogP contribution in [0.4, 0.5) is 0 Å². The summed E-state index contributed by atoms with van der Waals surface area (Å²) >= 11 is -3.79.